The first-order valence-electron chi connectivity index (χ1n) is 5.01. The summed E-state index contributed by atoms with van der Waals surface area (Å²) in [5.41, 5.74) is 1.63. The van der Waals surface area contributed by atoms with Gasteiger partial charge in [-0.25, -0.2) is 4.79 Å². The maximum absolute atomic E-state index is 11.1. The van der Waals surface area contributed by atoms with E-state index in [9.17, 15) is 4.79 Å². The number of thioether (sulfide) groups is 1. The number of nitrogens with zero attached hydrogens (tertiary/aromatic N) is 1. The fourth-order valence-electron chi connectivity index (χ4n) is 1.41. The zero-order valence-corrected chi connectivity index (χ0v) is 10.2. The van der Waals surface area contributed by atoms with E-state index in [0.29, 0.717) is 17.9 Å². The molecule has 88 valence electrons. The normalized spacial score (nSPS) is 10.4. The van der Waals surface area contributed by atoms with Crippen LogP contribution in [0, 0.1) is 13.8 Å². The van der Waals surface area contributed by atoms with E-state index in [1.807, 2.05) is 6.92 Å². The summed E-state index contributed by atoms with van der Waals surface area (Å²) in [6.07, 6.45) is 0.657. The van der Waals surface area contributed by atoms with Gasteiger partial charge >= 0.3 is 5.97 Å². The van der Waals surface area contributed by atoms with Gasteiger partial charge in [0, 0.05) is 22.9 Å². The number of aromatic carboxylic acids is 1. The number of pyridine rings is 1. The molecule has 0 aliphatic carbocycles. The van der Waals surface area contributed by atoms with E-state index in [1.165, 1.54) is 11.8 Å². The van der Waals surface area contributed by atoms with Crippen molar-refractivity contribution in [2.45, 2.75) is 25.2 Å². The molecule has 0 bridgehead atoms. The first kappa shape index (κ1) is 13.0. The van der Waals surface area contributed by atoms with Crippen LogP contribution >= 0.6 is 11.8 Å². The lowest BCUT2D eigenvalue weighted by atomic mass is 10.2. The molecule has 0 atom stereocenters. The number of aromatic nitrogens is 1. The Hall–Kier alpha value is -1.07. The van der Waals surface area contributed by atoms with Crippen LogP contribution < -0.4 is 0 Å². The highest BCUT2D eigenvalue weighted by Crippen LogP contribution is 2.26. The number of carbonyl (C=O) groups is 1. The second-order valence-corrected chi connectivity index (χ2v) is 4.59. The fraction of sp³-hybridized carbons (Fsp3) is 0.455. The number of carboxylic acid groups (broad SMARTS) is 1. The van der Waals surface area contributed by atoms with Gasteiger partial charge in [-0.3, -0.25) is 4.98 Å². The minimum atomic E-state index is -0.948. The maximum atomic E-state index is 11.1. The standard InChI is InChI=1S/C11H15NO3S/c1-7-6-9(16-5-3-4-13)10(11(14)15)8(2)12-7/h6,13H,3-5H2,1-2H3,(H,14,15). The Balaban J connectivity index is 2.99. The fourth-order valence-corrected chi connectivity index (χ4v) is 2.54. The molecule has 16 heavy (non-hydrogen) atoms. The lowest BCUT2D eigenvalue weighted by Crippen LogP contribution is -2.05. The Morgan fingerprint density at radius 2 is 2.19 bits per heavy atom. The zero-order valence-electron chi connectivity index (χ0n) is 9.36. The van der Waals surface area contributed by atoms with Crippen molar-refractivity contribution in [3.63, 3.8) is 0 Å². The SMILES string of the molecule is Cc1cc(SCCCO)c(C(=O)O)c(C)n1. The summed E-state index contributed by atoms with van der Waals surface area (Å²) in [4.78, 5) is 16.0. The smallest absolute Gasteiger partial charge is 0.338 e. The van der Waals surface area contributed by atoms with Crippen LogP contribution in [0.1, 0.15) is 28.2 Å². The molecule has 0 aromatic carbocycles. The van der Waals surface area contributed by atoms with Gasteiger partial charge in [0.1, 0.15) is 0 Å². The Morgan fingerprint density at radius 1 is 1.50 bits per heavy atom. The summed E-state index contributed by atoms with van der Waals surface area (Å²) in [5.74, 6) is -0.240. The molecule has 0 unspecified atom stereocenters. The summed E-state index contributed by atoms with van der Waals surface area (Å²) >= 11 is 1.45. The Kier molecular flexibility index (Phi) is 4.76. The van der Waals surface area contributed by atoms with Crippen molar-refractivity contribution in [1.29, 1.82) is 0 Å². The summed E-state index contributed by atoms with van der Waals surface area (Å²) in [7, 11) is 0. The Bertz CT molecular complexity index is 393. The molecule has 0 aliphatic heterocycles. The summed E-state index contributed by atoms with van der Waals surface area (Å²) in [6, 6.07) is 1.78. The number of hydrogen-bond donors (Lipinski definition) is 2. The number of aliphatic hydroxyl groups is 1. The number of hydrogen-bond acceptors (Lipinski definition) is 4. The highest BCUT2D eigenvalue weighted by molar-refractivity contribution is 7.99. The van der Waals surface area contributed by atoms with Crippen molar-refractivity contribution in [2.24, 2.45) is 0 Å². The molecule has 2 N–H and O–H groups in total. The molecule has 0 spiro atoms. The first-order valence-corrected chi connectivity index (χ1v) is 6.00. The van der Waals surface area contributed by atoms with Crippen molar-refractivity contribution >= 4 is 17.7 Å². The molecule has 4 nitrogen and oxygen atoms in total. The van der Waals surface area contributed by atoms with Gasteiger partial charge in [0.15, 0.2) is 0 Å². The molecule has 0 saturated carbocycles. The Morgan fingerprint density at radius 3 is 2.75 bits per heavy atom. The first-order chi connectivity index (χ1) is 7.56. The van der Waals surface area contributed by atoms with Crippen molar-refractivity contribution in [2.75, 3.05) is 12.4 Å². The van der Waals surface area contributed by atoms with E-state index in [4.69, 9.17) is 10.2 Å². The third kappa shape index (κ3) is 3.21. The van der Waals surface area contributed by atoms with Crippen molar-refractivity contribution in [1.82, 2.24) is 4.98 Å². The predicted molar refractivity (Wildman–Crippen MR) is 63.1 cm³/mol. The molecule has 0 aliphatic rings. The van der Waals surface area contributed by atoms with Gasteiger partial charge in [0.25, 0.3) is 0 Å². The molecule has 0 amide bonds. The molecule has 5 heteroatoms. The molecule has 0 saturated heterocycles. The van der Waals surface area contributed by atoms with Gasteiger partial charge in [0.05, 0.1) is 11.3 Å². The number of carboxylic acids is 1. The molecule has 0 radical (unpaired) electrons. The summed E-state index contributed by atoms with van der Waals surface area (Å²) in [5, 5.41) is 17.8. The van der Waals surface area contributed by atoms with Crippen LogP contribution in [0.2, 0.25) is 0 Å². The van der Waals surface area contributed by atoms with E-state index in [2.05, 4.69) is 4.98 Å². The largest absolute Gasteiger partial charge is 0.478 e. The van der Waals surface area contributed by atoms with Gasteiger partial charge in [-0.1, -0.05) is 0 Å². The van der Waals surface area contributed by atoms with Gasteiger partial charge < -0.3 is 10.2 Å². The maximum Gasteiger partial charge on any atom is 0.338 e. The van der Waals surface area contributed by atoms with Crippen LogP contribution in [0.3, 0.4) is 0 Å². The van der Waals surface area contributed by atoms with E-state index in [0.717, 1.165) is 10.6 Å². The van der Waals surface area contributed by atoms with E-state index in [1.54, 1.807) is 13.0 Å². The molecule has 0 fully saturated rings. The zero-order chi connectivity index (χ0) is 12.1. The third-order valence-electron chi connectivity index (χ3n) is 2.07. The third-order valence-corrected chi connectivity index (χ3v) is 3.19. The van der Waals surface area contributed by atoms with Gasteiger partial charge in [-0.15, -0.1) is 11.8 Å². The van der Waals surface area contributed by atoms with Crippen LogP contribution in [0.25, 0.3) is 0 Å². The van der Waals surface area contributed by atoms with Crippen LogP contribution in [0.15, 0.2) is 11.0 Å². The van der Waals surface area contributed by atoms with E-state index in [-0.39, 0.29) is 12.2 Å². The lowest BCUT2D eigenvalue weighted by Gasteiger charge is -2.09. The lowest BCUT2D eigenvalue weighted by molar-refractivity contribution is 0.0691. The number of aryl methyl sites for hydroxylation is 2. The van der Waals surface area contributed by atoms with Crippen molar-refractivity contribution < 1.29 is 15.0 Å². The Labute approximate surface area is 98.7 Å². The number of rotatable bonds is 5. The molecular weight excluding hydrogens is 226 g/mol. The van der Waals surface area contributed by atoms with Crippen molar-refractivity contribution in [3.8, 4) is 0 Å². The minimum absolute atomic E-state index is 0.123. The second kappa shape index (κ2) is 5.86. The van der Waals surface area contributed by atoms with Gasteiger partial charge in [0.2, 0.25) is 0 Å². The average Bonchev–Trinajstić information content (AvgIpc) is 2.16. The van der Waals surface area contributed by atoms with E-state index >= 15 is 0 Å². The second-order valence-electron chi connectivity index (χ2n) is 3.45. The topological polar surface area (TPSA) is 70.4 Å². The summed E-state index contributed by atoms with van der Waals surface area (Å²) < 4.78 is 0. The van der Waals surface area contributed by atoms with Crippen LogP contribution in [0.4, 0.5) is 0 Å². The molecule has 1 aromatic rings. The van der Waals surface area contributed by atoms with Crippen LogP contribution in [-0.2, 0) is 0 Å². The van der Waals surface area contributed by atoms with Gasteiger partial charge in [-0.05, 0) is 26.3 Å². The highest BCUT2D eigenvalue weighted by atomic mass is 32.2. The predicted octanol–water partition coefficient (Wildman–Crippen LogP) is 1.87. The van der Waals surface area contributed by atoms with Crippen molar-refractivity contribution in [3.05, 3.63) is 23.0 Å². The molecule has 1 rings (SSSR count). The minimum Gasteiger partial charge on any atom is -0.478 e. The molecule has 1 aromatic heterocycles. The monoisotopic (exact) mass is 241 g/mol. The molecular formula is C11H15NO3S. The average molecular weight is 241 g/mol. The summed E-state index contributed by atoms with van der Waals surface area (Å²) in [6.45, 7) is 3.67. The molecule has 1 heterocycles. The quantitative estimate of drug-likeness (QED) is 0.608. The van der Waals surface area contributed by atoms with Gasteiger partial charge in [-0.2, -0.15) is 0 Å². The highest BCUT2D eigenvalue weighted by Gasteiger charge is 2.15. The number of aliphatic hydroxyl groups excluding tert-OH is 1. The van der Waals surface area contributed by atoms with E-state index < -0.39 is 5.97 Å². The van der Waals surface area contributed by atoms with Crippen LogP contribution in [-0.4, -0.2) is 33.5 Å². The van der Waals surface area contributed by atoms with Crippen LogP contribution in [0.5, 0.6) is 0 Å².